The third-order valence-electron chi connectivity index (χ3n) is 2.98. The number of nitrogens with one attached hydrogen (secondary N) is 2. The Morgan fingerprint density at radius 2 is 2.18 bits per heavy atom. The van der Waals surface area contributed by atoms with E-state index in [2.05, 4.69) is 20.5 Å². The lowest BCUT2D eigenvalue weighted by atomic mass is 9.97. The molecule has 118 valence electrons. The molecule has 22 heavy (non-hydrogen) atoms. The number of amides is 1. The number of aliphatic hydroxyl groups is 1. The van der Waals surface area contributed by atoms with Crippen LogP contribution in [0.15, 0.2) is 29.4 Å². The number of rotatable bonds is 7. The predicted octanol–water partition coefficient (Wildman–Crippen LogP) is 2.16. The van der Waals surface area contributed by atoms with Crippen LogP contribution >= 0.6 is 11.8 Å². The molecule has 0 radical (unpaired) electrons. The van der Waals surface area contributed by atoms with Crippen molar-refractivity contribution >= 4 is 23.6 Å². The van der Waals surface area contributed by atoms with E-state index >= 15 is 0 Å². The molecule has 1 atom stereocenters. The first-order valence-electron chi connectivity index (χ1n) is 6.80. The number of aromatic amines is 1. The summed E-state index contributed by atoms with van der Waals surface area (Å²) in [4.78, 5) is 16.0. The number of hydrogen-bond acceptors (Lipinski definition) is 5. The zero-order valence-electron chi connectivity index (χ0n) is 12.0. The van der Waals surface area contributed by atoms with Gasteiger partial charge in [-0.15, -0.1) is 5.10 Å². The lowest BCUT2D eigenvalue weighted by Gasteiger charge is -2.10. The summed E-state index contributed by atoms with van der Waals surface area (Å²) < 4.78 is 12.9. The Morgan fingerprint density at radius 3 is 2.86 bits per heavy atom. The molecule has 0 aliphatic heterocycles. The van der Waals surface area contributed by atoms with E-state index in [0.717, 1.165) is 5.56 Å². The molecular weight excluding hydrogens is 307 g/mol. The molecule has 0 saturated heterocycles. The van der Waals surface area contributed by atoms with E-state index in [4.69, 9.17) is 5.11 Å². The van der Waals surface area contributed by atoms with Crippen LogP contribution in [0.4, 0.5) is 10.3 Å². The number of aromatic nitrogens is 3. The average molecular weight is 324 g/mol. The first-order valence-corrected chi connectivity index (χ1v) is 7.78. The summed E-state index contributed by atoms with van der Waals surface area (Å²) in [6.07, 6.45) is 0.255. The number of hydrogen-bond donors (Lipinski definition) is 3. The van der Waals surface area contributed by atoms with E-state index in [9.17, 15) is 9.18 Å². The van der Waals surface area contributed by atoms with Crippen LogP contribution in [0.2, 0.25) is 0 Å². The fourth-order valence-corrected chi connectivity index (χ4v) is 2.41. The molecule has 0 spiro atoms. The van der Waals surface area contributed by atoms with Gasteiger partial charge in [-0.1, -0.05) is 30.8 Å². The molecule has 0 saturated carbocycles. The third-order valence-corrected chi connectivity index (χ3v) is 3.80. The van der Waals surface area contributed by atoms with Crippen LogP contribution < -0.4 is 5.32 Å². The summed E-state index contributed by atoms with van der Waals surface area (Å²) in [7, 11) is 0. The highest BCUT2D eigenvalue weighted by atomic mass is 32.2. The van der Waals surface area contributed by atoms with Gasteiger partial charge in [0.2, 0.25) is 17.0 Å². The number of benzene rings is 1. The van der Waals surface area contributed by atoms with Gasteiger partial charge in [0.15, 0.2) is 0 Å². The Bertz CT molecular complexity index is 618. The van der Waals surface area contributed by atoms with Gasteiger partial charge in [-0.25, -0.2) is 9.49 Å². The number of carbonyl (C=O) groups is 1. The van der Waals surface area contributed by atoms with Crippen molar-refractivity contribution < 1.29 is 14.3 Å². The molecule has 1 aromatic carbocycles. The summed E-state index contributed by atoms with van der Waals surface area (Å²) in [5.41, 5.74) is 0.897. The minimum absolute atomic E-state index is 0.0354. The highest BCUT2D eigenvalue weighted by molar-refractivity contribution is 7.99. The lowest BCUT2D eigenvalue weighted by molar-refractivity contribution is -0.116. The highest BCUT2D eigenvalue weighted by Gasteiger charge is 2.13. The molecule has 0 aliphatic carbocycles. The monoisotopic (exact) mass is 324 g/mol. The van der Waals surface area contributed by atoms with Crippen molar-refractivity contribution in [3.05, 3.63) is 35.6 Å². The fraction of sp³-hybridized carbons (Fsp3) is 0.357. The zero-order chi connectivity index (χ0) is 15.9. The first-order chi connectivity index (χ1) is 10.6. The Labute approximate surface area is 131 Å². The molecule has 1 heterocycles. The summed E-state index contributed by atoms with van der Waals surface area (Å²) in [5, 5.41) is 18.4. The molecular formula is C14H17FN4O2S. The Balaban J connectivity index is 1.86. The highest BCUT2D eigenvalue weighted by Crippen LogP contribution is 2.20. The number of H-pyrrole nitrogens is 1. The summed E-state index contributed by atoms with van der Waals surface area (Å²) in [6, 6.07) is 6.10. The normalized spacial score (nSPS) is 12.1. The number of nitrogens with zero attached hydrogens (tertiary/aromatic N) is 2. The molecule has 1 amide bonds. The SMILES string of the molecule is CC(CC(=O)Nc1nc(SCCO)n[nH]1)c1ccc(F)cc1. The Kier molecular flexibility index (Phi) is 5.91. The van der Waals surface area contributed by atoms with Gasteiger partial charge in [0.05, 0.1) is 6.61 Å². The molecule has 6 nitrogen and oxygen atoms in total. The second kappa shape index (κ2) is 7.90. The largest absolute Gasteiger partial charge is 0.396 e. The minimum atomic E-state index is -0.296. The topological polar surface area (TPSA) is 90.9 Å². The predicted molar refractivity (Wildman–Crippen MR) is 82.3 cm³/mol. The van der Waals surface area contributed by atoms with Gasteiger partial charge in [-0.3, -0.25) is 10.1 Å². The van der Waals surface area contributed by atoms with Crippen LogP contribution in [0.25, 0.3) is 0 Å². The van der Waals surface area contributed by atoms with Crippen LogP contribution in [-0.4, -0.2) is 38.6 Å². The maximum absolute atomic E-state index is 12.9. The van der Waals surface area contributed by atoms with Gasteiger partial charge in [-0.2, -0.15) is 4.98 Å². The molecule has 8 heteroatoms. The molecule has 0 aliphatic rings. The molecule has 3 N–H and O–H groups in total. The second-order valence-electron chi connectivity index (χ2n) is 4.74. The van der Waals surface area contributed by atoms with Crippen molar-refractivity contribution in [3.63, 3.8) is 0 Å². The van der Waals surface area contributed by atoms with E-state index < -0.39 is 0 Å². The minimum Gasteiger partial charge on any atom is -0.396 e. The molecule has 2 aromatic rings. The lowest BCUT2D eigenvalue weighted by Crippen LogP contribution is -2.15. The van der Waals surface area contributed by atoms with Crippen LogP contribution in [-0.2, 0) is 4.79 Å². The smallest absolute Gasteiger partial charge is 0.227 e. The molecule has 1 aromatic heterocycles. The van der Waals surface area contributed by atoms with E-state index in [1.807, 2.05) is 6.92 Å². The summed E-state index contributed by atoms with van der Waals surface area (Å²) >= 11 is 1.29. The number of aliphatic hydroxyl groups excluding tert-OH is 1. The van der Waals surface area contributed by atoms with Crippen LogP contribution in [0.3, 0.4) is 0 Å². The standard InChI is InChI=1S/C14H17FN4O2S/c1-9(10-2-4-11(15)5-3-10)8-12(21)16-13-17-14(19-18-13)22-7-6-20/h2-5,9,20H,6-8H2,1H3,(H2,16,17,18,19,21). The third kappa shape index (κ3) is 4.81. The van der Waals surface area contributed by atoms with Gasteiger partial charge in [0, 0.05) is 12.2 Å². The molecule has 2 rings (SSSR count). The van der Waals surface area contributed by atoms with E-state index in [1.165, 1.54) is 23.9 Å². The zero-order valence-corrected chi connectivity index (χ0v) is 12.9. The van der Waals surface area contributed by atoms with Gasteiger partial charge < -0.3 is 5.11 Å². The van der Waals surface area contributed by atoms with Crippen molar-refractivity contribution in [2.75, 3.05) is 17.7 Å². The Hall–Kier alpha value is -1.93. The van der Waals surface area contributed by atoms with Crippen molar-refractivity contribution in [3.8, 4) is 0 Å². The fourth-order valence-electron chi connectivity index (χ4n) is 1.87. The van der Waals surface area contributed by atoms with Crippen molar-refractivity contribution in [2.24, 2.45) is 0 Å². The second-order valence-corrected chi connectivity index (χ2v) is 5.81. The van der Waals surface area contributed by atoms with Crippen molar-refractivity contribution in [1.29, 1.82) is 0 Å². The molecule has 0 fully saturated rings. The van der Waals surface area contributed by atoms with E-state index in [-0.39, 0.29) is 36.6 Å². The number of carbonyl (C=O) groups excluding carboxylic acids is 1. The average Bonchev–Trinajstić information content (AvgIpc) is 2.93. The molecule has 1 unspecified atom stereocenters. The Morgan fingerprint density at radius 1 is 1.45 bits per heavy atom. The van der Waals surface area contributed by atoms with Gasteiger partial charge >= 0.3 is 0 Å². The number of thioether (sulfide) groups is 1. The van der Waals surface area contributed by atoms with Crippen molar-refractivity contribution in [1.82, 2.24) is 15.2 Å². The number of anilines is 1. The maximum Gasteiger partial charge on any atom is 0.227 e. The van der Waals surface area contributed by atoms with E-state index in [1.54, 1.807) is 12.1 Å². The van der Waals surface area contributed by atoms with E-state index in [0.29, 0.717) is 10.9 Å². The van der Waals surface area contributed by atoms with Gasteiger partial charge in [0.25, 0.3) is 0 Å². The maximum atomic E-state index is 12.9. The van der Waals surface area contributed by atoms with Crippen LogP contribution in [0.5, 0.6) is 0 Å². The van der Waals surface area contributed by atoms with Crippen LogP contribution in [0.1, 0.15) is 24.8 Å². The molecule has 0 bridgehead atoms. The summed E-state index contributed by atoms with van der Waals surface area (Å²) in [5.74, 6) is 0.234. The van der Waals surface area contributed by atoms with Gasteiger partial charge in [-0.05, 0) is 23.6 Å². The summed E-state index contributed by atoms with van der Waals surface area (Å²) in [6.45, 7) is 1.94. The number of halogens is 1. The quantitative estimate of drug-likeness (QED) is 0.679. The van der Waals surface area contributed by atoms with Crippen LogP contribution in [0, 0.1) is 5.82 Å². The first kappa shape index (κ1) is 16.4. The van der Waals surface area contributed by atoms with Gasteiger partial charge in [0.1, 0.15) is 5.82 Å². The van der Waals surface area contributed by atoms with Crippen molar-refractivity contribution in [2.45, 2.75) is 24.4 Å².